The van der Waals surface area contributed by atoms with Crippen LogP contribution in [0, 0.1) is 11.3 Å². The van der Waals surface area contributed by atoms with E-state index in [2.05, 4.69) is 34.0 Å². The molecule has 1 unspecified atom stereocenters. The molecule has 0 spiro atoms. The molecule has 1 aromatic carbocycles. The van der Waals surface area contributed by atoms with E-state index in [-0.39, 0.29) is 6.10 Å². The van der Waals surface area contributed by atoms with E-state index in [4.69, 9.17) is 10.00 Å². The molecule has 0 saturated heterocycles. The van der Waals surface area contributed by atoms with E-state index in [1.165, 1.54) is 5.56 Å². The summed E-state index contributed by atoms with van der Waals surface area (Å²) in [4.78, 5) is 11.9. The molecule has 3 aromatic rings. The first-order valence-electron chi connectivity index (χ1n) is 6.79. The van der Waals surface area contributed by atoms with Gasteiger partial charge in [0.2, 0.25) is 0 Å². The Balaban J connectivity index is 1.84. The highest BCUT2D eigenvalue weighted by atomic mass is 16.5. The molecular formula is C16H12N4O. The second kappa shape index (κ2) is 4.32. The van der Waals surface area contributed by atoms with E-state index in [9.17, 15) is 0 Å². The first-order chi connectivity index (χ1) is 10.2. The van der Waals surface area contributed by atoms with E-state index in [0.29, 0.717) is 16.7 Å². The van der Waals surface area contributed by atoms with Gasteiger partial charge in [-0.05, 0) is 36.8 Å². The number of fused-ring (bicyclic) bond motifs is 2. The van der Waals surface area contributed by atoms with Gasteiger partial charge in [0.25, 0.3) is 0 Å². The maximum Gasteiger partial charge on any atom is 0.179 e. The van der Waals surface area contributed by atoms with Crippen molar-refractivity contribution in [2.24, 2.45) is 0 Å². The molecule has 1 atom stereocenters. The van der Waals surface area contributed by atoms with Crippen LogP contribution in [0.25, 0.3) is 22.6 Å². The fourth-order valence-electron chi connectivity index (χ4n) is 2.71. The van der Waals surface area contributed by atoms with Gasteiger partial charge in [0.1, 0.15) is 29.3 Å². The number of aromatic amines is 1. The Hall–Kier alpha value is -2.87. The van der Waals surface area contributed by atoms with Gasteiger partial charge < -0.3 is 9.72 Å². The molecule has 0 aliphatic carbocycles. The summed E-state index contributed by atoms with van der Waals surface area (Å²) in [6, 6.07) is 9.86. The molecular weight excluding hydrogens is 264 g/mol. The number of aromatic nitrogens is 3. The van der Waals surface area contributed by atoms with E-state index < -0.39 is 0 Å². The van der Waals surface area contributed by atoms with Gasteiger partial charge in [0.05, 0.1) is 5.56 Å². The van der Waals surface area contributed by atoms with E-state index in [1.54, 1.807) is 12.3 Å². The highest BCUT2D eigenvalue weighted by molar-refractivity contribution is 5.81. The van der Waals surface area contributed by atoms with Gasteiger partial charge in [-0.3, -0.25) is 0 Å². The minimum absolute atomic E-state index is 0.220. The first kappa shape index (κ1) is 11.9. The molecule has 2 aromatic heterocycles. The molecule has 1 aliphatic rings. The molecule has 5 nitrogen and oxygen atoms in total. The van der Waals surface area contributed by atoms with Crippen molar-refractivity contribution in [2.75, 3.05) is 0 Å². The van der Waals surface area contributed by atoms with Crippen molar-refractivity contribution in [3.05, 3.63) is 41.6 Å². The normalized spacial score (nSPS) is 16.5. The van der Waals surface area contributed by atoms with Gasteiger partial charge in [-0.1, -0.05) is 0 Å². The van der Waals surface area contributed by atoms with Crippen LogP contribution in [0.2, 0.25) is 0 Å². The average molecular weight is 276 g/mol. The van der Waals surface area contributed by atoms with Crippen molar-refractivity contribution >= 4 is 11.2 Å². The lowest BCUT2D eigenvalue weighted by molar-refractivity contribution is 0.254. The molecule has 1 N–H and O–H groups in total. The Labute approximate surface area is 121 Å². The van der Waals surface area contributed by atoms with Crippen molar-refractivity contribution in [1.82, 2.24) is 15.0 Å². The van der Waals surface area contributed by atoms with Crippen LogP contribution < -0.4 is 4.74 Å². The zero-order valence-corrected chi connectivity index (χ0v) is 11.4. The topological polar surface area (TPSA) is 74.6 Å². The number of nitriles is 1. The van der Waals surface area contributed by atoms with Gasteiger partial charge in [0, 0.05) is 18.2 Å². The van der Waals surface area contributed by atoms with E-state index in [1.807, 2.05) is 12.1 Å². The highest BCUT2D eigenvalue weighted by Gasteiger charge is 2.20. The SMILES string of the molecule is CC1Cc2cc(-c3nc4nccc(C#N)c4[nH]3)ccc2O1. The summed E-state index contributed by atoms with van der Waals surface area (Å²) >= 11 is 0. The third-order valence-electron chi connectivity index (χ3n) is 3.68. The molecule has 0 bridgehead atoms. The molecule has 1 aliphatic heterocycles. The zero-order chi connectivity index (χ0) is 14.4. The van der Waals surface area contributed by atoms with E-state index in [0.717, 1.165) is 23.6 Å². The third kappa shape index (κ3) is 1.84. The number of nitrogens with zero attached hydrogens (tertiary/aromatic N) is 3. The Kier molecular flexibility index (Phi) is 2.45. The van der Waals surface area contributed by atoms with Crippen LogP contribution >= 0.6 is 0 Å². The molecule has 21 heavy (non-hydrogen) atoms. The van der Waals surface area contributed by atoms with Crippen LogP contribution in [-0.2, 0) is 6.42 Å². The van der Waals surface area contributed by atoms with Gasteiger partial charge in [-0.2, -0.15) is 5.26 Å². The van der Waals surface area contributed by atoms with Crippen molar-refractivity contribution in [1.29, 1.82) is 5.26 Å². The minimum Gasteiger partial charge on any atom is -0.490 e. The summed E-state index contributed by atoms with van der Waals surface area (Å²) in [5.41, 5.74) is 3.97. The van der Waals surface area contributed by atoms with Crippen LogP contribution in [-0.4, -0.2) is 21.1 Å². The quantitative estimate of drug-likeness (QED) is 0.741. The summed E-state index contributed by atoms with van der Waals surface area (Å²) < 4.78 is 5.71. The maximum atomic E-state index is 9.13. The van der Waals surface area contributed by atoms with Crippen LogP contribution in [0.4, 0.5) is 0 Å². The fraction of sp³-hybridized carbons (Fsp3) is 0.188. The fourth-order valence-corrected chi connectivity index (χ4v) is 2.71. The zero-order valence-electron chi connectivity index (χ0n) is 11.4. The number of rotatable bonds is 1. The molecule has 0 fully saturated rings. The van der Waals surface area contributed by atoms with E-state index >= 15 is 0 Å². The molecule has 0 radical (unpaired) electrons. The first-order valence-corrected chi connectivity index (χ1v) is 6.79. The van der Waals surface area contributed by atoms with Crippen LogP contribution in [0.1, 0.15) is 18.1 Å². The predicted molar refractivity (Wildman–Crippen MR) is 77.8 cm³/mol. The summed E-state index contributed by atoms with van der Waals surface area (Å²) in [6.07, 6.45) is 2.73. The lowest BCUT2D eigenvalue weighted by atomic mass is 10.1. The number of nitrogens with one attached hydrogen (secondary N) is 1. The second-order valence-electron chi connectivity index (χ2n) is 5.21. The molecule has 0 amide bonds. The number of imidazole rings is 1. The number of benzene rings is 1. The lowest BCUT2D eigenvalue weighted by Gasteiger charge is -2.02. The Bertz CT molecular complexity index is 891. The molecule has 102 valence electrons. The number of H-pyrrole nitrogens is 1. The minimum atomic E-state index is 0.220. The molecule has 3 heterocycles. The molecule has 0 saturated carbocycles. The monoisotopic (exact) mass is 276 g/mol. The smallest absolute Gasteiger partial charge is 0.179 e. The number of hydrogen-bond acceptors (Lipinski definition) is 4. The number of pyridine rings is 1. The van der Waals surface area contributed by atoms with Crippen molar-refractivity contribution in [2.45, 2.75) is 19.4 Å². The van der Waals surface area contributed by atoms with Crippen LogP contribution in [0.15, 0.2) is 30.5 Å². The average Bonchev–Trinajstić information content (AvgIpc) is 3.07. The van der Waals surface area contributed by atoms with Crippen LogP contribution in [0.3, 0.4) is 0 Å². The lowest BCUT2D eigenvalue weighted by Crippen LogP contribution is -2.05. The summed E-state index contributed by atoms with van der Waals surface area (Å²) in [5, 5.41) is 9.13. The third-order valence-corrected chi connectivity index (χ3v) is 3.68. The van der Waals surface area contributed by atoms with Gasteiger partial charge in [-0.15, -0.1) is 0 Å². The van der Waals surface area contributed by atoms with Crippen molar-refractivity contribution in [3.63, 3.8) is 0 Å². The standard InChI is InChI=1S/C16H12N4O/c1-9-6-12-7-10(2-3-13(12)21-9)15-19-14-11(8-17)4-5-18-16(14)20-15/h2-5,7,9H,6H2,1H3,(H,18,19,20). The summed E-state index contributed by atoms with van der Waals surface area (Å²) in [5.74, 6) is 1.67. The van der Waals surface area contributed by atoms with Gasteiger partial charge >= 0.3 is 0 Å². The molecule has 5 heteroatoms. The highest BCUT2D eigenvalue weighted by Crippen LogP contribution is 2.32. The predicted octanol–water partition coefficient (Wildman–Crippen LogP) is 2.82. The largest absolute Gasteiger partial charge is 0.490 e. The van der Waals surface area contributed by atoms with Gasteiger partial charge in [-0.25, -0.2) is 9.97 Å². The second-order valence-corrected chi connectivity index (χ2v) is 5.21. The number of ether oxygens (including phenoxy) is 1. The Morgan fingerprint density at radius 2 is 2.29 bits per heavy atom. The van der Waals surface area contributed by atoms with Crippen molar-refractivity contribution < 1.29 is 4.74 Å². The van der Waals surface area contributed by atoms with Crippen molar-refractivity contribution in [3.8, 4) is 23.2 Å². The van der Waals surface area contributed by atoms with Gasteiger partial charge in [0.15, 0.2) is 5.65 Å². The summed E-state index contributed by atoms with van der Waals surface area (Å²) in [7, 11) is 0. The maximum absolute atomic E-state index is 9.13. The molecule has 4 rings (SSSR count). The van der Waals surface area contributed by atoms with Crippen LogP contribution in [0.5, 0.6) is 5.75 Å². The summed E-state index contributed by atoms with van der Waals surface area (Å²) in [6.45, 7) is 2.06. The Morgan fingerprint density at radius 1 is 1.38 bits per heavy atom. The number of hydrogen-bond donors (Lipinski definition) is 1. The Morgan fingerprint density at radius 3 is 3.14 bits per heavy atom.